The van der Waals surface area contributed by atoms with Gasteiger partial charge in [0.25, 0.3) is 10.0 Å². The molecule has 2 atom stereocenters. The molecule has 0 aliphatic carbocycles. The highest BCUT2D eigenvalue weighted by Gasteiger charge is 2.41. The Morgan fingerprint density at radius 3 is 3.06 bits per heavy atom. The Bertz CT molecular complexity index is 484. The number of sulfonamides is 1. The third-order valence-electron chi connectivity index (χ3n) is 3.69. The summed E-state index contributed by atoms with van der Waals surface area (Å²) in [5, 5.41) is 9.76. The molecule has 17 heavy (non-hydrogen) atoms. The summed E-state index contributed by atoms with van der Waals surface area (Å²) in [6, 6.07) is 1.62. The zero-order chi connectivity index (χ0) is 11.9. The lowest BCUT2D eigenvalue weighted by Gasteiger charge is -2.35. The molecule has 0 aromatic carbocycles. The van der Waals surface area contributed by atoms with E-state index in [2.05, 4.69) is 15.5 Å². The van der Waals surface area contributed by atoms with Gasteiger partial charge in [0.2, 0.25) is 0 Å². The number of nitrogens with zero attached hydrogens (tertiary/aromatic N) is 2. The predicted octanol–water partition coefficient (Wildman–Crippen LogP) is -0.218. The van der Waals surface area contributed by atoms with Gasteiger partial charge in [-0.15, -0.1) is 0 Å². The molecule has 2 N–H and O–H groups in total. The van der Waals surface area contributed by atoms with Crippen LogP contribution in [-0.4, -0.2) is 48.6 Å². The van der Waals surface area contributed by atoms with Gasteiger partial charge in [0.15, 0.2) is 5.03 Å². The van der Waals surface area contributed by atoms with Crippen LogP contribution in [0.5, 0.6) is 0 Å². The first-order valence-electron chi connectivity index (χ1n) is 5.91. The van der Waals surface area contributed by atoms with Crippen molar-refractivity contribution in [3.63, 3.8) is 0 Å². The van der Waals surface area contributed by atoms with E-state index in [1.165, 1.54) is 12.3 Å². The van der Waals surface area contributed by atoms with Crippen molar-refractivity contribution in [2.24, 2.45) is 5.92 Å². The van der Waals surface area contributed by atoms with Crippen LogP contribution in [0.25, 0.3) is 0 Å². The van der Waals surface area contributed by atoms with E-state index in [4.69, 9.17) is 0 Å². The van der Waals surface area contributed by atoms with Gasteiger partial charge in [-0.2, -0.15) is 9.40 Å². The van der Waals surface area contributed by atoms with Crippen molar-refractivity contribution in [1.29, 1.82) is 0 Å². The van der Waals surface area contributed by atoms with Crippen molar-refractivity contribution >= 4 is 10.0 Å². The maximum Gasteiger partial charge on any atom is 0.260 e. The van der Waals surface area contributed by atoms with Crippen molar-refractivity contribution < 1.29 is 8.42 Å². The third-order valence-corrected chi connectivity index (χ3v) is 5.54. The lowest BCUT2D eigenvalue weighted by atomic mass is 9.94. The standard InChI is InChI=1S/C10H16N4O2S/c15-17(16,10-3-4-12-13-10)14-5-1-2-8-6-11-7-9(8)14/h3-4,8-9,11H,1-2,5-7H2,(H,12,13). The molecule has 2 aliphatic rings. The SMILES string of the molecule is O=S(=O)(c1ccn[nH]1)N1CCCC2CNCC21. The maximum atomic E-state index is 12.4. The topological polar surface area (TPSA) is 78.1 Å². The van der Waals surface area contributed by atoms with E-state index in [1.807, 2.05) is 0 Å². The van der Waals surface area contributed by atoms with E-state index in [1.54, 1.807) is 4.31 Å². The average Bonchev–Trinajstić information content (AvgIpc) is 2.99. The number of aromatic nitrogens is 2. The zero-order valence-corrected chi connectivity index (χ0v) is 10.3. The molecular formula is C10H16N4O2S. The summed E-state index contributed by atoms with van der Waals surface area (Å²) in [6.07, 6.45) is 3.53. The lowest BCUT2D eigenvalue weighted by Crippen LogP contribution is -2.48. The van der Waals surface area contributed by atoms with Crippen LogP contribution in [0.2, 0.25) is 0 Å². The van der Waals surface area contributed by atoms with Crippen LogP contribution >= 0.6 is 0 Å². The van der Waals surface area contributed by atoms with E-state index in [0.717, 1.165) is 25.9 Å². The number of piperidine rings is 1. The van der Waals surface area contributed by atoms with Crippen molar-refractivity contribution in [3.8, 4) is 0 Å². The Balaban J connectivity index is 1.93. The highest BCUT2D eigenvalue weighted by molar-refractivity contribution is 7.89. The molecule has 0 spiro atoms. The summed E-state index contributed by atoms with van der Waals surface area (Å²) >= 11 is 0. The van der Waals surface area contributed by atoms with Gasteiger partial charge < -0.3 is 5.32 Å². The fourth-order valence-electron chi connectivity index (χ4n) is 2.84. The number of hydrogen-bond acceptors (Lipinski definition) is 4. The fourth-order valence-corrected chi connectivity index (χ4v) is 4.46. The van der Waals surface area contributed by atoms with Gasteiger partial charge in [-0.25, -0.2) is 8.42 Å². The van der Waals surface area contributed by atoms with Gasteiger partial charge in [-0.05, 0) is 31.4 Å². The van der Waals surface area contributed by atoms with Gasteiger partial charge in [0, 0.05) is 19.1 Å². The molecule has 3 heterocycles. The molecule has 1 aromatic rings. The van der Waals surface area contributed by atoms with Gasteiger partial charge >= 0.3 is 0 Å². The predicted molar refractivity (Wildman–Crippen MR) is 61.9 cm³/mol. The Kier molecular flexibility index (Phi) is 2.68. The summed E-state index contributed by atoms with van der Waals surface area (Å²) < 4.78 is 26.5. The second-order valence-corrected chi connectivity index (χ2v) is 6.52. The minimum Gasteiger partial charge on any atom is -0.315 e. The molecule has 0 amide bonds. The Labute approximate surface area is 100 Å². The van der Waals surface area contributed by atoms with Crippen LogP contribution in [0.3, 0.4) is 0 Å². The molecule has 2 aliphatic heterocycles. The number of hydrogen-bond donors (Lipinski definition) is 2. The van der Waals surface area contributed by atoms with Gasteiger partial charge in [0.05, 0.1) is 6.20 Å². The molecule has 6 nitrogen and oxygen atoms in total. The fraction of sp³-hybridized carbons (Fsp3) is 0.700. The quantitative estimate of drug-likeness (QED) is 0.767. The van der Waals surface area contributed by atoms with Gasteiger partial charge in [-0.1, -0.05) is 0 Å². The lowest BCUT2D eigenvalue weighted by molar-refractivity contribution is 0.217. The highest BCUT2D eigenvalue weighted by Crippen LogP contribution is 2.30. The molecule has 3 rings (SSSR count). The van der Waals surface area contributed by atoms with Crippen LogP contribution in [-0.2, 0) is 10.0 Å². The molecule has 94 valence electrons. The van der Waals surface area contributed by atoms with E-state index >= 15 is 0 Å². The number of aromatic amines is 1. The highest BCUT2D eigenvalue weighted by atomic mass is 32.2. The third kappa shape index (κ3) is 1.78. The first-order valence-corrected chi connectivity index (χ1v) is 7.35. The smallest absolute Gasteiger partial charge is 0.260 e. The molecule has 0 radical (unpaired) electrons. The van der Waals surface area contributed by atoms with Crippen LogP contribution < -0.4 is 5.32 Å². The van der Waals surface area contributed by atoms with E-state index in [-0.39, 0.29) is 11.1 Å². The van der Waals surface area contributed by atoms with E-state index in [9.17, 15) is 8.42 Å². The first-order chi connectivity index (χ1) is 8.19. The Morgan fingerprint density at radius 2 is 2.29 bits per heavy atom. The van der Waals surface area contributed by atoms with Crippen molar-refractivity contribution in [2.75, 3.05) is 19.6 Å². The monoisotopic (exact) mass is 256 g/mol. The Morgan fingerprint density at radius 1 is 1.41 bits per heavy atom. The number of H-pyrrole nitrogens is 1. The van der Waals surface area contributed by atoms with Crippen LogP contribution in [0.4, 0.5) is 0 Å². The summed E-state index contributed by atoms with van der Waals surface area (Å²) in [4.78, 5) is 0. The minimum atomic E-state index is -3.40. The van der Waals surface area contributed by atoms with Crippen molar-refractivity contribution in [2.45, 2.75) is 23.9 Å². The average molecular weight is 256 g/mol. The summed E-state index contributed by atoms with van der Waals surface area (Å²) in [5.74, 6) is 0.460. The second-order valence-electron chi connectivity index (χ2n) is 4.66. The normalized spacial score (nSPS) is 30.4. The largest absolute Gasteiger partial charge is 0.315 e. The molecule has 2 unspecified atom stereocenters. The second kappa shape index (κ2) is 4.08. The summed E-state index contributed by atoms with van der Waals surface area (Å²) in [5.41, 5.74) is 0. The van der Waals surface area contributed by atoms with Crippen molar-refractivity contribution in [3.05, 3.63) is 12.3 Å². The first kappa shape index (κ1) is 11.2. The molecule has 7 heteroatoms. The number of fused-ring (bicyclic) bond motifs is 1. The number of rotatable bonds is 2. The molecule has 0 bridgehead atoms. The van der Waals surface area contributed by atoms with Gasteiger partial charge in [0.1, 0.15) is 0 Å². The molecule has 0 saturated carbocycles. The molecule has 2 saturated heterocycles. The van der Waals surface area contributed by atoms with E-state index in [0.29, 0.717) is 12.5 Å². The molecular weight excluding hydrogens is 240 g/mol. The number of nitrogens with one attached hydrogen (secondary N) is 2. The summed E-state index contributed by atoms with van der Waals surface area (Å²) in [7, 11) is -3.40. The summed E-state index contributed by atoms with van der Waals surface area (Å²) in [6.45, 7) is 2.31. The zero-order valence-electron chi connectivity index (χ0n) is 9.46. The van der Waals surface area contributed by atoms with Crippen LogP contribution in [0.15, 0.2) is 17.3 Å². The molecule has 2 fully saturated rings. The molecule has 1 aromatic heterocycles. The van der Waals surface area contributed by atoms with Crippen LogP contribution in [0, 0.1) is 5.92 Å². The van der Waals surface area contributed by atoms with Crippen molar-refractivity contribution in [1.82, 2.24) is 19.8 Å². The van der Waals surface area contributed by atoms with Gasteiger partial charge in [-0.3, -0.25) is 5.10 Å². The minimum absolute atomic E-state index is 0.108. The van der Waals surface area contributed by atoms with Crippen LogP contribution in [0.1, 0.15) is 12.8 Å². The van der Waals surface area contributed by atoms with E-state index < -0.39 is 10.0 Å². The maximum absolute atomic E-state index is 12.4. The Hall–Kier alpha value is -0.920.